The summed E-state index contributed by atoms with van der Waals surface area (Å²) < 4.78 is 55.6. The first-order chi connectivity index (χ1) is 18.5. The monoisotopic (exact) mass is 557 g/mol. The molecule has 12 heteroatoms. The molecule has 1 aliphatic heterocycles. The number of carbonyl (C=O) groups excluding carboxylic acids is 2. The molecule has 1 saturated heterocycles. The molecule has 0 unspecified atom stereocenters. The normalized spacial score (nSPS) is 16.3. The largest absolute Gasteiger partial charge is 0.419 e. The van der Waals surface area contributed by atoms with E-state index in [2.05, 4.69) is 10.3 Å². The molecular weight excluding hydrogens is 538 g/mol. The fraction of sp³-hybridized carbons (Fsp3) is 0.259. The summed E-state index contributed by atoms with van der Waals surface area (Å²) in [4.78, 5) is 32.5. The van der Waals surface area contributed by atoms with Crippen molar-refractivity contribution in [2.45, 2.75) is 37.5 Å². The van der Waals surface area contributed by atoms with E-state index < -0.39 is 40.6 Å². The van der Waals surface area contributed by atoms with Crippen LogP contribution in [-0.2, 0) is 17.5 Å². The highest BCUT2D eigenvalue weighted by atomic mass is 35.5. The first-order valence-corrected chi connectivity index (χ1v) is 12.3. The topological polar surface area (TPSA) is 89.3 Å². The molecular formula is C27H20ClF4N5O2. The van der Waals surface area contributed by atoms with Gasteiger partial charge < -0.3 is 10.2 Å². The molecule has 2 heterocycles. The van der Waals surface area contributed by atoms with Crippen molar-refractivity contribution in [1.29, 1.82) is 5.26 Å². The minimum atomic E-state index is -4.84. The van der Waals surface area contributed by atoms with Crippen molar-refractivity contribution in [2.75, 3.05) is 16.5 Å². The van der Waals surface area contributed by atoms with Gasteiger partial charge in [-0.15, -0.1) is 0 Å². The molecule has 2 aromatic carbocycles. The first kappa shape index (κ1) is 26.4. The summed E-state index contributed by atoms with van der Waals surface area (Å²) in [6.07, 6.45) is -2.20. The van der Waals surface area contributed by atoms with Crippen LogP contribution in [0.5, 0.6) is 0 Å². The van der Waals surface area contributed by atoms with Crippen LogP contribution in [0.4, 0.5) is 28.9 Å². The van der Waals surface area contributed by atoms with E-state index in [0.717, 1.165) is 28.8 Å². The second-order valence-electron chi connectivity index (χ2n) is 9.36. The van der Waals surface area contributed by atoms with Gasteiger partial charge in [-0.05, 0) is 61.2 Å². The molecule has 3 aromatic rings. The Kier molecular flexibility index (Phi) is 6.68. The van der Waals surface area contributed by atoms with Gasteiger partial charge in [0.15, 0.2) is 5.69 Å². The van der Waals surface area contributed by atoms with E-state index in [1.165, 1.54) is 18.2 Å². The molecule has 5 rings (SSSR count). The predicted octanol–water partition coefficient (Wildman–Crippen LogP) is 5.43. The average molecular weight is 558 g/mol. The van der Waals surface area contributed by atoms with Gasteiger partial charge in [0.1, 0.15) is 17.4 Å². The van der Waals surface area contributed by atoms with Gasteiger partial charge in [0.2, 0.25) is 0 Å². The van der Waals surface area contributed by atoms with Crippen LogP contribution in [0.1, 0.15) is 46.4 Å². The molecule has 2 fully saturated rings. The molecule has 1 aliphatic carbocycles. The summed E-state index contributed by atoms with van der Waals surface area (Å²) in [7, 11) is 0. The molecule has 2 amide bonds. The number of alkyl halides is 3. The van der Waals surface area contributed by atoms with Crippen molar-refractivity contribution in [3.05, 3.63) is 88.0 Å². The fourth-order valence-corrected chi connectivity index (χ4v) is 5.00. The van der Waals surface area contributed by atoms with Gasteiger partial charge in [-0.2, -0.15) is 18.4 Å². The van der Waals surface area contributed by atoms with E-state index in [1.54, 1.807) is 29.2 Å². The van der Waals surface area contributed by atoms with Crippen LogP contribution in [0.2, 0.25) is 5.02 Å². The van der Waals surface area contributed by atoms with Crippen molar-refractivity contribution < 1.29 is 27.2 Å². The van der Waals surface area contributed by atoms with Gasteiger partial charge in [0, 0.05) is 17.3 Å². The number of nitrogens with one attached hydrogen (secondary N) is 1. The number of nitrogens with zero attached hydrogens (tertiary/aromatic N) is 4. The lowest BCUT2D eigenvalue weighted by atomic mass is 9.75. The molecule has 0 bridgehead atoms. The number of carbonyl (C=O) groups is 2. The minimum Gasteiger partial charge on any atom is -0.348 e. The lowest BCUT2D eigenvalue weighted by molar-refractivity contribution is -0.138. The lowest BCUT2D eigenvalue weighted by Crippen LogP contribution is -2.54. The summed E-state index contributed by atoms with van der Waals surface area (Å²) in [5.41, 5.74) is -2.29. The molecule has 1 saturated carbocycles. The maximum Gasteiger partial charge on any atom is 0.419 e. The standard InChI is InChI=1S/C27H20ClF4N5O2/c28-17-4-2-16(3-5-17)13-35-24(38)20-7-6-18(11-22(20)29)37-15-36(25(39)26(37)8-1-9-26)19-10-21(27(30,31)32)23(12-33)34-14-19/h2-7,10-11,14H,1,8-9,13,15H2,(H,35,38). The highest BCUT2D eigenvalue weighted by Crippen LogP contribution is 2.47. The zero-order valence-electron chi connectivity index (χ0n) is 20.2. The zero-order chi connectivity index (χ0) is 27.9. The SMILES string of the molecule is N#Cc1ncc(N2CN(c3ccc(C(=O)NCc4ccc(Cl)cc4)c(F)c3)C3(CCC3)C2=O)cc1C(F)(F)F. The van der Waals surface area contributed by atoms with Gasteiger partial charge >= 0.3 is 6.18 Å². The van der Waals surface area contributed by atoms with Gasteiger partial charge in [-0.25, -0.2) is 9.37 Å². The number of hydrogen-bond donors (Lipinski definition) is 1. The third kappa shape index (κ3) is 4.76. The third-order valence-corrected chi connectivity index (χ3v) is 7.35. The van der Waals surface area contributed by atoms with Crippen molar-refractivity contribution >= 4 is 34.8 Å². The van der Waals surface area contributed by atoms with Crippen molar-refractivity contribution in [2.24, 2.45) is 0 Å². The molecule has 2 aliphatic rings. The Morgan fingerprint density at radius 2 is 1.85 bits per heavy atom. The van der Waals surface area contributed by atoms with Gasteiger partial charge in [0.05, 0.1) is 29.7 Å². The number of nitriles is 1. The summed E-state index contributed by atoms with van der Waals surface area (Å²) >= 11 is 5.86. The summed E-state index contributed by atoms with van der Waals surface area (Å²) in [5, 5.41) is 12.2. The van der Waals surface area contributed by atoms with Gasteiger partial charge in [0.25, 0.3) is 11.8 Å². The fourth-order valence-electron chi connectivity index (χ4n) is 4.87. The number of benzene rings is 2. The lowest BCUT2D eigenvalue weighted by Gasteiger charge is -2.43. The average Bonchev–Trinajstić information content (AvgIpc) is 3.20. The van der Waals surface area contributed by atoms with E-state index in [1.807, 2.05) is 0 Å². The van der Waals surface area contributed by atoms with Crippen molar-refractivity contribution in [3.8, 4) is 6.07 Å². The number of amides is 2. The number of anilines is 2. The molecule has 1 aromatic heterocycles. The van der Waals surface area contributed by atoms with Crippen LogP contribution in [0, 0.1) is 17.1 Å². The smallest absolute Gasteiger partial charge is 0.348 e. The maximum atomic E-state index is 15.1. The second-order valence-corrected chi connectivity index (χ2v) is 9.80. The Balaban J connectivity index is 1.39. The number of pyridine rings is 1. The highest BCUT2D eigenvalue weighted by Gasteiger charge is 2.57. The first-order valence-electron chi connectivity index (χ1n) is 11.9. The number of halogens is 5. The van der Waals surface area contributed by atoms with Crippen LogP contribution in [-0.4, -0.2) is 29.0 Å². The van der Waals surface area contributed by atoms with E-state index >= 15 is 4.39 Å². The van der Waals surface area contributed by atoms with E-state index in [4.69, 9.17) is 16.9 Å². The number of aromatic nitrogens is 1. The zero-order valence-corrected chi connectivity index (χ0v) is 21.0. The Labute approximate surface area is 225 Å². The van der Waals surface area contributed by atoms with Crippen LogP contribution < -0.4 is 15.1 Å². The van der Waals surface area contributed by atoms with Gasteiger partial charge in [-0.1, -0.05) is 23.7 Å². The van der Waals surface area contributed by atoms with Crippen LogP contribution in [0.15, 0.2) is 54.7 Å². The molecule has 1 spiro atoms. The van der Waals surface area contributed by atoms with Crippen LogP contribution >= 0.6 is 11.6 Å². The number of hydrogen-bond acceptors (Lipinski definition) is 5. The van der Waals surface area contributed by atoms with Crippen LogP contribution in [0.3, 0.4) is 0 Å². The molecule has 0 radical (unpaired) electrons. The summed E-state index contributed by atoms with van der Waals surface area (Å²) in [6, 6.07) is 12.9. The predicted molar refractivity (Wildman–Crippen MR) is 134 cm³/mol. The minimum absolute atomic E-state index is 0.112. The molecule has 0 atom stereocenters. The third-order valence-electron chi connectivity index (χ3n) is 7.10. The van der Waals surface area contributed by atoms with Crippen molar-refractivity contribution in [3.63, 3.8) is 0 Å². The Bertz CT molecular complexity index is 1500. The van der Waals surface area contributed by atoms with E-state index in [-0.39, 0.29) is 24.5 Å². The molecule has 7 nitrogen and oxygen atoms in total. The van der Waals surface area contributed by atoms with E-state index in [0.29, 0.717) is 30.0 Å². The van der Waals surface area contributed by atoms with E-state index in [9.17, 15) is 22.8 Å². The summed E-state index contributed by atoms with van der Waals surface area (Å²) in [5.74, 6) is -1.87. The van der Waals surface area contributed by atoms with Crippen molar-refractivity contribution in [1.82, 2.24) is 10.3 Å². The van der Waals surface area contributed by atoms with Gasteiger partial charge in [-0.3, -0.25) is 14.5 Å². The second kappa shape index (κ2) is 9.85. The molecule has 1 N–H and O–H groups in total. The summed E-state index contributed by atoms with van der Waals surface area (Å²) in [6.45, 7) is 0.0136. The molecule has 200 valence electrons. The quantitative estimate of drug-likeness (QED) is 0.423. The number of rotatable bonds is 5. The highest BCUT2D eigenvalue weighted by molar-refractivity contribution is 6.30. The Morgan fingerprint density at radius 3 is 2.44 bits per heavy atom. The maximum absolute atomic E-state index is 15.1. The molecule has 39 heavy (non-hydrogen) atoms. The Morgan fingerprint density at radius 1 is 1.13 bits per heavy atom. The van der Waals surface area contributed by atoms with Crippen LogP contribution in [0.25, 0.3) is 0 Å². The Hall–Kier alpha value is -4.17.